The largest absolute Gasteiger partial charge is 0.345 e. The van der Waals surface area contributed by atoms with E-state index in [1.807, 2.05) is 24.4 Å². The second-order valence-corrected chi connectivity index (χ2v) is 5.66. The van der Waals surface area contributed by atoms with E-state index in [2.05, 4.69) is 5.32 Å². The van der Waals surface area contributed by atoms with Gasteiger partial charge in [0.15, 0.2) is 0 Å². The molecule has 1 amide bonds. The van der Waals surface area contributed by atoms with Crippen LogP contribution in [0.15, 0.2) is 35.7 Å². The molecule has 0 bridgehead atoms. The number of hydrogen-bond donors (Lipinski definition) is 1. The van der Waals surface area contributed by atoms with Gasteiger partial charge in [0, 0.05) is 9.90 Å². The van der Waals surface area contributed by atoms with Gasteiger partial charge in [0.2, 0.25) is 0 Å². The minimum absolute atomic E-state index is 0.0486. The fraction of sp³-hybridized carbons (Fsp3) is 0.154. The van der Waals surface area contributed by atoms with Crippen LogP contribution in [0, 0.1) is 0 Å². The molecular weight excluding hydrogens is 289 g/mol. The van der Waals surface area contributed by atoms with Crippen molar-refractivity contribution in [3.8, 4) is 0 Å². The number of nitrogens with one attached hydrogen (secondary N) is 1. The van der Waals surface area contributed by atoms with Crippen LogP contribution in [-0.4, -0.2) is 5.91 Å². The van der Waals surface area contributed by atoms with E-state index in [1.54, 1.807) is 29.5 Å². The Morgan fingerprint density at radius 1 is 1.33 bits per heavy atom. The number of benzene rings is 1. The Morgan fingerprint density at radius 3 is 2.78 bits per heavy atom. The summed E-state index contributed by atoms with van der Waals surface area (Å²) in [6, 6.07) is 8.73. The number of rotatable bonds is 3. The lowest BCUT2D eigenvalue weighted by atomic mass is 10.2. The molecule has 2 aromatic rings. The Balaban J connectivity index is 2.15. The van der Waals surface area contributed by atoms with Crippen LogP contribution < -0.4 is 5.32 Å². The molecule has 0 fully saturated rings. The first-order valence-corrected chi connectivity index (χ1v) is 7.01. The fourth-order valence-corrected chi connectivity index (χ4v) is 2.66. The Hall–Kier alpha value is -1.03. The quantitative estimate of drug-likeness (QED) is 0.885. The van der Waals surface area contributed by atoms with Crippen molar-refractivity contribution in [2.75, 3.05) is 0 Å². The maximum atomic E-state index is 12.1. The van der Waals surface area contributed by atoms with E-state index in [0.29, 0.717) is 15.6 Å². The number of carbonyl (C=O) groups is 1. The topological polar surface area (TPSA) is 29.1 Å². The molecule has 0 saturated carbocycles. The minimum Gasteiger partial charge on any atom is -0.345 e. The van der Waals surface area contributed by atoms with Gasteiger partial charge >= 0.3 is 0 Å². The first kappa shape index (κ1) is 13.4. The second-order valence-electron chi connectivity index (χ2n) is 3.83. The summed E-state index contributed by atoms with van der Waals surface area (Å²) in [4.78, 5) is 13.2. The van der Waals surface area contributed by atoms with Crippen molar-refractivity contribution in [2.45, 2.75) is 13.0 Å². The molecular formula is C13H11Cl2NOS. The molecule has 0 aliphatic rings. The maximum Gasteiger partial charge on any atom is 0.253 e. The SMILES string of the molecule is CC(NC(=O)c1cc(Cl)ccc1Cl)c1cccs1. The zero-order valence-corrected chi connectivity index (χ0v) is 11.9. The van der Waals surface area contributed by atoms with E-state index < -0.39 is 0 Å². The highest BCUT2D eigenvalue weighted by atomic mass is 35.5. The van der Waals surface area contributed by atoms with Crippen molar-refractivity contribution in [3.63, 3.8) is 0 Å². The van der Waals surface area contributed by atoms with Gasteiger partial charge in [-0.1, -0.05) is 29.3 Å². The highest BCUT2D eigenvalue weighted by molar-refractivity contribution is 7.10. The van der Waals surface area contributed by atoms with Crippen molar-refractivity contribution in [3.05, 3.63) is 56.2 Å². The smallest absolute Gasteiger partial charge is 0.253 e. The van der Waals surface area contributed by atoms with Crippen molar-refractivity contribution in [2.24, 2.45) is 0 Å². The first-order valence-electron chi connectivity index (χ1n) is 5.37. The molecule has 0 spiro atoms. The third-order valence-corrected chi connectivity index (χ3v) is 4.11. The molecule has 0 saturated heterocycles. The standard InChI is InChI=1S/C13H11Cl2NOS/c1-8(12-3-2-6-18-12)16-13(17)10-7-9(14)4-5-11(10)15/h2-8H,1H3,(H,16,17). The Labute approximate surface area is 120 Å². The lowest BCUT2D eigenvalue weighted by molar-refractivity contribution is 0.0940. The predicted octanol–water partition coefficient (Wildman–Crippen LogP) is 4.55. The van der Waals surface area contributed by atoms with Gasteiger partial charge in [-0.05, 0) is 36.6 Å². The summed E-state index contributed by atoms with van der Waals surface area (Å²) in [7, 11) is 0. The third kappa shape index (κ3) is 3.05. The molecule has 1 N–H and O–H groups in total. The predicted molar refractivity (Wildman–Crippen MR) is 76.7 cm³/mol. The van der Waals surface area contributed by atoms with E-state index in [-0.39, 0.29) is 11.9 Å². The van der Waals surface area contributed by atoms with Gasteiger partial charge in [0.25, 0.3) is 5.91 Å². The van der Waals surface area contributed by atoms with Crippen LogP contribution in [0.5, 0.6) is 0 Å². The monoisotopic (exact) mass is 299 g/mol. The van der Waals surface area contributed by atoms with Gasteiger partial charge in [0.1, 0.15) is 0 Å². The van der Waals surface area contributed by atoms with Crippen molar-refractivity contribution >= 4 is 40.4 Å². The Morgan fingerprint density at radius 2 is 2.11 bits per heavy atom. The molecule has 18 heavy (non-hydrogen) atoms. The molecule has 5 heteroatoms. The molecule has 0 aliphatic carbocycles. The number of hydrogen-bond acceptors (Lipinski definition) is 2. The molecule has 2 nitrogen and oxygen atoms in total. The molecule has 1 aromatic heterocycles. The number of carbonyl (C=O) groups excluding carboxylic acids is 1. The van der Waals surface area contributed by atoms with Gasteiger partial charge in [-0.25, -0.2) is 0 Å². The molecule has 2 rings (SSSR count). The van der Waals surface area contributed by atoms with Crippen molar-refractivity contribution < 1.29 is 4.79 Å². The third-order valence-electron chi connectivity index (χ3n) is 2.49. The van der Waals surface area contributed by atoms with Crippen LogP contribution in [0.25, 0.3) is 0 Å². The van der Waals surface area contributed by atoms with Crippen LogP contribution in [0.2, 0.25) is 10.0 Å². The van der Waals surface area contributed by atoms with Crippen LogP contribution in [0.1, 0.15) is 28.2 Å². The van der Waals surface area contributed by atoms with Gasteiger partial charge in [-0.15, -0.1) is 11.3 Å². The Kier molecular flexibility index (Phi) is 4.27. The van der Waals surface area contributed by atoms with E-state index >= 15 is 0 Å². The lowest BCUT2D eigenvalue weighted by Crippen LogP contribution is -2.26. The highest BCUT2D eigenvalue weighted by Gasteiger charge is 2.15. The molecule has 0 aliphatic heterocycles. The maximum absolute atomic E-state index is 12.1. The summed E-state index contributed by atoms with van der Waals surface area (Å²) in [6.45, 7) is 1.93. The van der Waals surface area contributed by atoms with Gasteiger partial charge < -0.3 is 5.32 Å². The number of amides is 1. The minimum atomic E-state index is -0.219. The number of halogens is 2. The normalized spacial score (nSPS) is 12.2. The fourth-order valence-electron chi connectivity index (χ4n) is 1.55. The summed E-state index contributed by atoms with van der Waals surface area (Å²) in [5.74, 6) is -0.219. The van der Waals surface area contributed by atoms with E-state index in [9.17, 15) is 4.79 Å². The van der Waals surface area contributed by atoms with Gasteiger partial charge in [-0.3, -0.25) is 4.79 Å². The summed E-state index contributed by atoms with van der Waals surface area (Å²) in [5, 5.41) is 5.76. The molecule has 1 heterocycles. The second kappa shape index (κ2) is 5.74. The summed E-state index contributed by atoms with van der Waals surface area (Å²) < 4.78 is 0. The zero-order chi connectivity index (χ0) is 13.1. The van der Waals surface area contributed by atoms with Crippen LogP contribution >= 0.6 is 34.5 Å². The highest BCUT2D eigenvalue weighted by Crippen LogP contribution is 2.23. The lowest BCUT2D eigenvalue weighted by Gasteiger charge is -2.13. The van der Waals surface area contributed by atoms with Crippen molar-refractivity contribution in [1.29, 1.82) is 0 Å². The molecule has 0 radical (unpaired) electrons. The molecule has 1 atom stereocenters. The summed E-state index contributed by atoms with van der Waals surface area (Å²) in [5.41, 5.74) is 0.396. The average molecular weight is 300 g/mol. The Bertz CT molecular complexity index is 554. The van der Waals surface area contributed by atoms with Gasteiger partial charge in [0.05, 0.1) is 16.6 Å². The number of thiophene rings is 1. The van der Waals surface area contributed by atoms with E-state index in [4.69, 9.17) is 23.2 Å². The summed E-state index contributed by atoms with van der Waals surface area (Å²) in [6.07, 6.45) is 0. The van der Waals surface area contributed by atoms with Crippen LogP contribution in [0.3, 0.4) is 0 Å². The van der Waals surface area contributed by atoms with Gasteiger partial charge in [-0.2, -0.15) is 0 Å². The van der Waals surface area contributed by atoms with E-state index in [1.165, 1.54) is 0 Å². The first-order chi connectivity index (χ1) is 8.58. The molecule has 1 aromatic carbocycles. The molecule has 1 unspecified atom stereocenters. The molecule has 94 valence electrons. The summed E-state index contributed by atoms with van der Waals surface area (Å²) >= 11 is 13.4. The average Bonchev–Trinajstić information content (AvgIpc) is 2.85. The zero-order valence-electron chi connectivity index (χ0n) is 9.61. The van der Waals surface area contributed by atoms with Crippen LogP contribution in [-0.2, 0) is 0 Å². The van der Waals surface area contributed by atoms with Crippen molar-refractivity contribution in [1.82, 2.24) is 5.32 Å². The van der Waals surface area contributed by atoms with Crippen LogP contribution in [0.4, 0.5) is 0 Å². The van der Waals surface area contributed by atoms with E-state index in [0.717, 1.165) is 4.88 Å².